The van der Waals surface area contributed by atoms with E-state index in [2.05, 4.69) is 25.4 Å². The van der Waals surface area contributed by atoms with Crippen LogP contribution < -0.4 is 0 Å². The zero-order chi connectivity index (χ0) is 16.4. The number of hydrogen-bond donors (Lipinski definition) is 0. The van der Waals surface area contributed by atoms with E-state index in [4.69, 9.17) is 4.74 Å². The Labute approximate surface area is 135 Å². The van der Waals surface area contributed by atoms with E-state index in [0.29, 0.717) is 37.4 Å². The summed E-state index contributed by atoms with van der Waals surface area (Å²) >= 11 is 3.50. The van der Waals surface area contributed by atoms with Crippen LogP contribution in [0.15, 0.2) is 0 Å². The first kappa shape index (κ1) is 17.8. The molecule has 2 rings (SSSR count). The number of hydrogen-bond acceptors (Lipinski definition) is 4. The van der Waals surface area contributed by atoms with Crippen molar-refractivity contribution in [3.05, 3.63) is 0 Å². The predicted octanol–water partition coefficient (Wildman–Crippen LogP) is 2.72. The number of amides is 1. The van der Waals surface area contributed by atoms with Crippen molar-refractivity contribution in [2.45, 2.75) is 42.0 Å². The lowest BCUT2D eigenvalue weighted by atomic mass is 9.89. The van der Waals surface area contributed by atoms with E-state index in [0.717, 1.165) is 13.5 Å². The molecule has 2 saturated heterocycles. The maximum absolute atomic E-state index is 12.7. The van der Waals surface area contributed by atoms with Gasteiger partial charge in [0.1, 0.15) is 0 Å². The van der Waals surface area contributed by atoms with Crippen molar-refractivity contribution in [3.63, 3.8) is 0 Å². The molecule has 2 aliphatic rings. The molecule has 0 saturated carbocycles. The van der Waals surface area contributed by atoms with E-state index >= 15 is 0 Å². The summed E-state index contributed by atoms with van der Waals surface area (Å²) in [5.74, 6) is 0. The third-order valence-corrected chi connectivity index (χ3v) is 4.61. The van der Waals surface area contributed by atoms with Crippen molar-refractivity contribution >= 4 is 22.0 Å². The number of likely N-dealkylation sites (tertiary alicyclic amines) is 1. The Balaban J connectivity index is 1.86. The minimum absolute atomic E-state index is 0.263. The Hall–Kier alpha value is -0.540. The minimum Gasteiger partial charge on any atom is -0.434 e. The number of ether oxygens (including phenoxy) is 3. The molecule has 0 radical (unpaired) electrons. The Kier molecular flexibility index (Phi) is 5.60. The van der Waals surface area contributed by atoms with Gasteiger partial charge < -0.3 is 19.1 Å². The highest BCUT2D eigenvalue weighted by atomic mass is 79.9. The number of alkyl halides is 4. The van der Waals surface area contributed by atoms with Crippen molar-refractivity contribution in [2.24, 2.45) is 0 Å². The SMILES string of the molecule is COCC(OC(=O)N1CCC2(CC1)CC(Br)CO2)C(F)(F)F. The molecule has 128 valence electrons. The van der Waals surface area contributed by atoms with Crippen LogP contribution in [0.1, 0.15) is 19.3 Å². The van der Waals surface area contributed by atoms with Gasteiger partial charge in [-0.2, -0.15) is 13.2 Å². The second-order valence-electron chi connectivity index (χ2n) is 5.65. The molecular formula is C13H19BrF3NO4. The number of rotatable bonds is 3. The Morgan fingerprint density at radius 2 is 2.09 bits per heavy atom. The Morgan fingerprint density at radius 3 is 2.55 bits per heavy atom. The fraction of sp³-hybridized carbons (Fsp3) is 0.923. The van der Waals surface area contributed by atoms with E-state index < -0.39 is 25.0 Å². The van der Waals surface area contributed by atoms with Gasteiger partial charge in [-0.25, -0.2) is 4.79 Å². The number of carbonyl (C=O) groups is 1. The predicted molar refractivity (Wildman–Crippen MR) is 75.0 cm³/mol. The average Bonchev–Trinajstić information content (AvgIpc) is 2.79. The first-order valence-electron chi connectivity index (χ1n) is 7.05. The van der Waals surface area contributed by atoms with Gasteiger partial charge in [0.15, 0.2) is 0 Å². The lowest BCUT2D eigenvalue weighted by molar-refractivity contribution is -0.217. The van der Waals surface area contributed by atoms with Gasteiger partial charge in [-0.15, -0.1) is 0 Å². The molecule has 2 aliphatic heterocycles. The van der Waals surface area contributed by atoms with Crippen LogP contribution in [0.5, 0.6) is 0 Å². The molecule has 2 unspecified atom stereocenters. The van der Waals surface area contributed by atoms with Crippen molar-refractivity contribution in [2.75, 3.05) is 33.4 Å². The molecule has 9 heteroatoms. The maximum Gasteiger partial charge on any atom is 0.427 e. The van der Waals surface area contributed by atoms with Crippen molar-refractivity contribution in [3.8, 4) is 0 Å². The highest BCUT2D eigenvalue weighted by molar-refractivity contribution is 9.09. The lowest BCUT2D eigenvalue weighted by Crippen LogP contribution is -2.49. The number of nitrogens with zero attached hydrogens (tertiary/aromatic N) is 1. The minimum atomic E-state index is -4.64. The van der Waals surface area contributed by atoms with Gasteiger partial charge in [0.2, 0.25) is 6.10 Å². The lowest BCUT2D eigenvalue weighted by Gasteiger charge is -2.38. The van der Waals surface area contributed by atoms with Crippen LogP contribution in [0.25, 0.3) is 0 Å². The van der Waals surface area contributed by atoms with Crippen molar-refractivity contribution in [1.82, 2.24) is 4.90 Å². The fourth-order valence-electron chi connectivity index (χ4n) is 2.78. The molecular weight excluding hydrogens is 371 g/mol. The fourth-order valence-corrected chi connectivity index (χ4v) is 3.50. The van der Waals surface area contributed by atoms with Gasteiger partial charge in [0.05, 0.1) is 18.8 Å². The van der Waals surface area contributed by atoms with Gasteiger partial charge in [-0.05, 0) is 19.3 Å². The van der Waals surface area contributed by atoms with Gasteiger partial charge in [0, 0.05) is 25.0 Å². The van der Waals surface area contributed by atoms with Crippen LogP contribution in [0.3, 0.4) is 0 Å². The number of halogens is 4. The molecule has 22 heavy (non-hydrogen) atoms. The molecule has 0 aromatic heterocycles. The highest BCUT2D eigenvalue weighted by Crippen LogP contribution is 2.38. The van der Waals surface area contributed by atoms with Crippen LogP contribution in [0.2, 0.25) is 0 Å². The number of piperidine rings is 1. The normalized spacial score (nSPS) is 26.2. The summed E-state index contributed by atoms with van der Waals surface area (Å²) in [4.78, 5) is 13.5. The summed E-state index contributed by atoms with van der Waals surface area (Å²) in [6.07, 6.45) is -5.78. The molecule has 0 N–H and O–H groups in total. The highest BCUT2D eigenvalue weighted by Gasteiger charge is 2.46. The van der Waals surface area contributed by atoms with Crippen LogP contribution >= 0.6 is 15.9 Å². The molecule has 5 nitrogen and oxygen atoms in total. The summed E-state index contributed by atoms with van der Waals surface area (Å²) in [5.41, 5.74) is -0.263. The molecule has 0 aromatic rings. The number of carbonyl (C=O) groups excluding carboxylic acids is 1. The van der Waals surface area contributed by atoms with E-state index in [9.17, 15) is 18.0 Å². The number of methoxy groups -OCH3 is 1. The zero-order valence-corrected chi connectivity index (χ0v) is 13.8. The first-order chi connectivity index (χ1) is 10.3. The van der Waals surface area contributed by atoms with Crippen LogP contribution in [-0.2, 0) is 14.2 Å². The molecule has 2 heterocycles. The molecule has 1 spiro atoms. The maximum atomic E-state index is 12.7. The van der Waals surface area contributed by atoms with Crippen molar-refractivity contribution in [1.29, 1.82) is 0 Å². The zero-order valence-electron chi connectivity index (χ0n) is 12.2. The Morgan fingerprint density at radius 1 is 1.45 bits per heavy atom. The topological polar surface area (TPSA) is 48.0 Å². The van der Waals surface area contributed by atoms with E-state index in [1.807, 2.05) is 0 Å². The third kappa shape index (κ3) is 4.26. The van der Waals surface area contributed by atoms with Crippen LogP contribution in [0, 0.1) is 0 Å². The van der Waals surface area contributed by atoms with E-state index in [1.54, 1.807) is 0 Å². The largest absolute Gasteiger partial charge is 0.434 e. The third-order valence-electron chi connectivity index (χ3n) is 4.02. The second kappa shape index (κ2) is 6.92. The Bertz CT molecular complexity index is 399. The van der Waals surface area contributed by atoms with Gasteiger partial charge in [-0.1, -0.05) is 15.9 Å². The summed E-state index contributed by atoms with van der Waals surface area (Å²) in [7, 11) is 1.13. The van der Waals surface area contributed by atoms with Crippen LogP contribution in [0.4, 0.5) is 18.0 Å². The quantitative estimate of drug-likeness (QED) is 0.696. The van der Waals surface area contributed by atoms with E-state index in [-0.39, 0.29) is 5.60 Å². The molecule has 1 amide bonds. The second-order valence-corrected chi connectivity index (χ2v) is 6.95. The summed E-state index contributed by atoms with van der Waals surface area (Å²) in [6.45, 7) is 0.571. The van der Waals surface area contributed by atoms with E-state index in [1.165, 1.54) is 4.90 Å². The molecule has 2 fully saturated rings. The van der Waals surface area contributed by atoms with Crippen LogP contribution in [-0.4, -0.2) is 67.1 Å². The summed E-state index contributed by atoms with van der Waals surface area (Å²) < 4.78 is 52.9. The average molecular weight is 390 g/mol. The molecule has 2 atom stereocenters. The smallest absolute Gasteiger partial charge is 0.427 e. The first-order valence-corrected chi connectivity index (χ1v) is 7.96. The molecule has 0 aliphatic carbocycles. The summed E-state index contributed by atoms with van der Waals surface area (Å²) in [5, 5.41) is 0. The van der Waals surface area contributed by atoms with Gasteiger partial charge >= 0.3 is 12.3 Å². The molecule has 0 aromatic carbocycles. The molecule has 0 bridgehead atoms. The monoisotopic (exact) mass is 389 g/mol. The van der Waals surface area contributed by atoms with Crippen molar-refractivity contribution < 1.29 is 32.2 Å². The standard InChI is InChI=1S/C13H19BrF3NO4/c1-20-8-10(13(15,16)17)22-11(19)18-4-2-12(3-5-18)6-9(14)7-21-12/h9-10H,2-8H2,1H3. The summed E-state index contributed by atoms with van der Waals surface area (Å²) in [6, 6.07) is 0. The van der Waals surface area contributed by atoms with Gasteiger partial charge in [0.25, 0.3) is 0 Å². The van der Waals surface area contributed by atoms with Gasteiger partial charge in [-0.3, -0.25) is 0 Å².